The molecule has 0 spiro atoms. The zero-order chi connectivity index (χ0) is 27.7. The van der Waals surface area contributed by atoms with Crippen molar-refractivity contribution in [2.24, 2.45) is 11.8 Å². The van der Waals surface area contributed by atoms with Crippen LogP contribution in [0.3, 0.4) is 0 Å². The van der Waals surface area contributed by atoms with E-state index in [0.29, 0.717) is 40.3 Å². The highest BCUT2D eigenvalue weighted by atomic mass is 19.4. The van der Waals surface area contributed by atoms with Gasteiger partial charge in [0.15, 0.2) is 0 Å². The van der Waals surface area contributed by atoms with E-state index in [4.69, 9.17) is 4.98 Å². The van der Waals surface area contributed by atoms with Crippen LogP contribution in [0.4, 0.5) is 19.1 Å². The smallest absolute Gasteiger partial charge is 0.347 e. The van der Waals surface area contributed by atoms with Crippen molar-refractivity contribution in [2.45, 2.75) is 44.3 Å². The Labute approximate surface area is 231 Å². The number of anilines is 1. The van der Waals surface area contributed by atoms with E-state index in [1.54, 1.807) is 18.3 Å². The minimum atomic E-state index is -4.45. The molecule has 0 radical (unpaired) electrons. The molecule has 3 unspecified atom stereocenters. The van der Waals surface area contributed by atoms with Crippen molar-refractivity contribution in [3.8, 4) is 22.5 Å². The van der Waals surface area contributed by atoms with E-state index in [9.17, 15) is 13.2 Å². The molecule has 2 fully saturated rings. The molecule has 0 bridgehead atoms. The fourth-order valence-corrected chi connectivity index (χ4v) is 5.61. The van der Waals surface area contributed by atoms with Crippen molar-refractivity contribution < 1.29 is 13.2 Å². The summed E-state index contributed by atoms with van der Waals surface area (Å²) in [6.07, 6.45) is 0.125. The van der Waals surface area contributed by atoms with E-state index < -0.39 is 11.7 Å². The van der Waals surface area contributed by atoms with Gasteiger partial charge in [-0.15, -0.1) is 5.10 Å². The third kappa shape index (κ3) is 5.70. The Kier molecular flexibility index (Phi) is 7.23. The molecule has 2 aliphatic rings. The molecule has 3 heterocycles. The van der Waals surface area contributed by atoms with Crippen LogP contribution in [0.2, 0.25) is 0 Å². The third-order valence-corrected chi connectivity index (χ3v) is 8.01. The first-order chi connectivity index (χ1) is 19.4. The highest BCUT2D eigenvalue weighted by Crippen LogP contribution is 2.48. The van der Waals surface area contributed by atoms with Gasteiger partial charge in [0, 0.05) is 17.7 Å². The fraction of sp³-hybridized carbons (Fsp3) is 0.355. The lowest BCUT2D eigenvalue weighted by atomic mass is 9.91. The van der Waals surface area contributed by atoms with Crippen molar-refractivity contribution >= 4 is 5.95 Å². The van der Waals surface area contributed by atoms with Crippen LogP contribution in [0.25, 0.3) is 22.5 Å². The second-order valence-electron chi connectivity index (χ2n) is 10.8. The number of piperidine rings is 1. The molecule has 2 N–H and O–H groups in total. The average molecular weight is 545 g/mol. The molecule has 40 heavy (non-hydrogen) atoms. The topological polar surface area (TPSA) is 75.6 Å². The van der Waals surface area contributed by atoms with Gasteiger partial charge in [-0.2, -0.15) is 18.3 Å². The van der Waals surface area contributed by atoms with Gasteiger partial charge in [-0.1, -0.05) is 49.4 Å². The van der Waals surface area contributed by atoms with Gasteiger partial charge >= 0.3 is 6.18 Å². The molecule has 1 saturated heterocycles. The summed E-state index contributed by atoms with van der Waals surface area (Å²) in [6, 6.07) is 19.3. The molecular formula is C31H31F3N6. The number of halogens is 3. The highest BCUT2D eigenvalue weighted by molar-refractivity contribution is 5.79. The molecule has 1 aliphatic heterocycles. The van der Waals surface area contributed by atoms with E-state index >= 15 is 0 Å². The first-order valence-electron chi connectivity index (χ1n) is 13.8. The lowest BCUT2D eigenvalue weighted by Gasteiger charge is -2.23. The second kappa shape index (κ2) is 11.0. The molecule has 3 atom stereocenters. The quantitative estimate of drug-likeness (QED) is 0.264. The van der Waals surface area contributed by atoms with Gasteiger partial charge in [0.1, 0.15) is 5.69 Å². The van der Waals surface area contributed by atoms with Crippen LogP contribution in [0.1, 0.15) is 55.0 Å². The Morgan fingerprint density at radius 2 is 1.73 bits per heavy atom. The van der Waals surface area contributed by atoms with Crippen LogP contribution >= 0.6 is 0 Å². The minimum Gasteiger partial charge on any atom is -0.347 e. The molecule has 6 nitrogen and oxygen atoms in total. The van der Waals surface area contributed by atoms with Gasteiger partial charge < -0.3 is 10.6 Å². The Balaban J connectivity index is 1.39. The summed E-state index contributed by atoms with van der Waals surface area (Å²) in [5, 5.41) is 16.0. The molecule has 6 rings (SSSR count). The largest absolute Gasteiger partial charge is 0.416 e. The monoisotopic (exact) mass is 544 g/mol. The summed E-state index contributed by atoms with van der Waals surface area (Å²) in [6.45, 7) is 3.98. The van der Waals surface area contributed by atoms with Crippen LogP contribution in [-0.4, -0.2) is 33.3 Å². The van der Waals surface area contributed by atoms with Crippen LogP contribution < -0.4 is 10.6 Å². The molecule has 206 valence electrons. The standard InChI is InChI=1S/C31H31F3N6/c1-19-16-24(19)28(21-6-3-2-4-7-21)38-30-36-15-12-26(37-30)29-25(22-8-5-9-23(17-22)31(32,33)34)18-27(39-40-29)20-10-13-35-14-11-20/h2-9,12,15,17-20,24,28,35H,10-11,13-14,16H2,1H3,(H,36,37,38). The van der Waals surface area contributed by atoms with Crippen molar-refractivity contribution in [1.29, 1.82) is 0 Å². The summed E-state index contributed by atoms with van der Waals surface area (Å²) < 4.78 is 40.9. The van der Waals surface area contributed by atoms with Crippen molar-refractivity contribution in [3.05, 3.63) is 89.7 Å². The molecule has 0 amide bonds. The minimum absolute atomic E-state index is 0.0581. The lowest BCUT2D eigenvalue weighted by Crippen LogP contribution is -2.27. The van der Waals surface area contributed by atoms with E-state index in [-0.39, 0.29) is 12.0 Å². The second-order valence-corrected chi connectivity index (χ2v) is 10.8. The third-order valence-electron chi connectivity index (χ3n) is 8.01. The Hall–Kier alpha value is -3.85. The Morgan fingerprint density at radius 3 is 2.45 bits per heavy atom. The SMILES string of the molecule is CC1CC1C(Nc1nccc(-c2nnc(C3CCNCC3)cc2-c2cccc(C(F)(F)F)c2)n1)c1ccccc1. The number of nitrogens with one attached hydrogen (secondary N) is 2. The van der Waals surface area contributed by atoms with E-state index in [1.165, 1.54) is 17.7 Å². The van der Waals surface area contributed by atoms with Gasteiger partial charge in [-0.3, -0.25) is 0 Å². The molecule has 1 saturated carbocycles. The van der Waals surface area contributed by atoms with Gasteiger partial charge in [-0.25, -0.2) is 9.97 Å². The van der Waals surface area contributed by atoms with Crippen molar-refractivity contribution in [2.75, 3.05) is 18.4 Å². The summed E-state index contributed by atoms with van der Waals surface area (Å²) in [4.78, 5) is 9.27. The summed E-state index contributed by atoms with van der Waals surface area (Å²) in [5.41, 5.74) is 3.19. The van der Waals surface area contributed by atoms with Crippen LogP contribution in [0.15, 0.2) is 72.9 Å². The molecule has 1 aliphatic carbocycles. The zero-order valence-electron chi connectivity index (χ0n) is 22.2. The maximum atomic E-state index is 13.6. The highest BCUT2D eigenvalue weighted by Gasteiger charge is 2.40. The number of rotatable bonds is 7. The van der Waals surface area contributed by atoms with Gasteiger partial charge in [0.05, 0.1) is 23.0 Å². The first-order valence-corrected chi connectivity index (χ1v) is 13.8. The molecule has 4 aromatic rings. The van der Waals surface area contributed by atoms with Crippen molar-refractivity contribution in [1.82, 2.24) is 25.5 Å². The number of hydrogen-bond acceptors (Lipinski definition) is 6. The van der Waals surface area contributed by atoms with Gasteiger partial charge in [0.25, 0.3) is 0 Å². The maximum absolute atomic E-state index is 13.6. The number of hydrogen-bond donors (Lipinski definition) is 2. The zero-order valence-corrected chi connectivity index (χ0v) is 22.2. The first kappa shape index (κ1) is 26.4. The summed E-state index contributed by atoms with van der Waals surface area (Å²) in [7, 11) is 0. The van der Waals surface area contributed by atoms with Crippen LogP contribution in [0.5, 0.6) is 0 Å². The average Bonchev–Trinajstić information content (AvgIpc) is 3.72. The van der Waals surface area contributed by atoms with E-state index in [2.05, 4.69) is 44.9 Å². The van der Waals surface area contributed by atoms with Gasteiger partial charge in [0.2, 0.25) is 5.95 Å². The van der Waals surface area contributed by atoms with Crippen LogP contribution in [-0.2, 0) is 6.18 Å². The van der Waals surface area contributed by atoms with Gasteiger partial charge in [-0.05, 0) is 79.6 Å². The number of nitrogens with zero attached hydrogens (tertiary/aromatic N) is 4. The van der Waals surface area contributed by atoms with Crippen molar-refractivity contribution in [3.63, 3.8) is 0 Å². The normalized spacial score (nSPS) is 20.2. The van der Waals surface area contributed by atoms with E-state index in [1.807, 2.05) is 24.3 Å². The predicted octanol–water partition coefficient (Wildman–Crippen LogP) is 6.90. The summed E-state index contributed by atoms with van der Waals surface area (Å²) >= 11 is 0. The molecule has 2 aromatic heterocycles. The fourth-order valence-electron chi connectivity index (χ4n) is 5.61. The molecular weight excluding hydrogens is 513 g/mol. The molecule has 2 aromatic carbocycles. The molecule has 9 heteroatoms. The number of alkyl halides is 3. The maximum Gasteiger partial charge on any atom is 0.416 e. The number of aromatic nitrogens is 4. The number of benzene rings is 2. The Morgan fingerprint density at radius 1 is 0.950 bits per heavy atom. The van der Waals surface area contributed by atoms with E-state index in [0.717, 1.165) is 44.1 Å². The Bertz CT molecular complexity index is 1470. The summed E-state index contributed by atoms with van der Waals surface area (Å²) in [5.74, 6) is 1.72. The van der Waals surface area contributed by atoms with Crippen LogP contribution in [0, 0.1) is 11.8 Å². The lowest BCUT2D eigenvalue weighted by molar-refractivity contribution is -0.137. The predicted molar refractivity (Wildman–Crippen MR) is 148 cm³/mol.